The molecular weight excluding hydrogens is 294 g/mol. The number of rotatable bonds is 0. The molecule has 0 N–H and O–H groups in total. The number of cyclic esters (lactones) is 2. The van der Waals surface area contributed by atoms with Crippen molar-refractivity contribution in [1.82, 2.24) is 4.98 Å². The fourth-order valence-corrected chi connectivity index (χ4v) is 2.72. The van der Waals surface area contributed by atoms with E-state index in [0.29, 0.717) is 33.2 Å². The third-order valence-corrected chi connectivity index (χ3v) is 3.80. The Hall–Kier alpha value is -3.21. The van der Waals surface area contributed by atoms with Crippen molar-refractivity contribution in [1.29, 1.82) is 0 Å². The molecule has 2 heterocycles. The molecule has 0 amide bonds. The Morgan fingerprint density at radius 3 is 2.57 bits per heavy atom. The van der Waals surface area contributed by atoms with Crippen molar-refractivity contribution >= 4 is 33.8 Å². The lowest BCUT2D eigenvalue weighted by molar-refractivity contribution is 0.0391. The Morgan fingerprint density at radius 1 is 0.913 bits per heavy atom. The van der Waals surface area contributed by atoms with Crippen LogP contribution in [0, 0.1) is 6.92 Å². The summed E-state index contributed by atoms with van der Waals surface area (Å²) < 4.78 is 10.7. The minimum absolute atomic E-state index is 0.245. The Bertz CT molecular complexity index is 1050. The summed E-state index contributed by atoms with van der Waals surface area (Å²) in [4.78, 5) is 28.5. The number of benzene rings is 2. The number of carbonyl (C=O) groups excluding carboxylic acids is 2. The number of hydrogen-bond donors (Lipinski definition) is 0. The maximum Gasteiger partial charge on any atom is 0.348 e. The van der Waals surface area contributed by atoms with Crippen LogP contribution in [0.25, 0.3) is 21.9 Å². The average molecular weight is 305 g/mol. The van der Waals surface area contributed by atoms with Gasteiger partial charge in [0.2, 0.25) is 0 Å². The van der Waals surface area contributed by atoms with Gasteiger partial charge in [-0.2, -0.15) is 0 Å². The quantitative estimate of drug-likeness (QED) is 0.467. The van der Waals surface area contributed by atoms with Crippen molar-refractivity contribution in [2.45, 2.75) is 6.92 Å². The number of nitrogens with zero attached hydrogens (tertiary/aromatic N) is 1. The molecule has 0 atom stereocenters. The first-order chi connectivity index (χ1) is 11.1. The van der Waals surface area contributed by atoms with Crippen molar-refractivity contribution in [3.05, 3.63) is 65.5 Å². The highest BCUT2D eigenvalue weighted by atomic mass is 16.6. The van der Waals surface area contributed by atoms with E-state index in [9.17, 15) is 9.59 Å². The second-order valence-electron chi connectivity index (χ2n) is 5.20. The van der Waals surface area contributed by atoms with Gasteiger partial charge in [0.25, 0.3) is 0 Å². The highest BCUT2D eigenvalue weighted by molar-refractivity contribution is 6.20. The van der Waals surface area contributed by atoms with Crippen LogP contribution in [0.15, 0.2) is 53.1 Å². The molecule has 1 aliphatic rings. The minimum atomic E-state index is -0.703. The van der Waals surface area contributed by atoms with Crippen molar-refractivity contribution < 1.29 is 18.7 Å². The predicted octanol–water partition coefficient (Wildman–Crippen LogP) is 3.72. The molecule has 1 aromatic heterocycles. The van der Waals surface area contributed by atoms with Crippen molar-refractivity contribution in [3.8, 4) is 0 Å². The van der Waals surface area contributed by atoms with Gasteiger partial charge >= 0.3 is 11.9 Å². The summed E-state index contributed by atoms with van der Waals surface area (Å²) in [5.74, 6) is -0.778. The molecule has 5 heteroatoms. The summed E-state index contributed by atoms with van der Waals surface area (Å²) in [6, 6.07) is 12.4. The van der Waals surface area contributed by atoms with Crippen LogP contribution in [0.3, 0.4) is 0 Å². The highest BCUT2D eigenvalue weighted by Crippen LogP contribution is 2.29. The van der Waals surface area contributed by atoms with E-state index in [-0.39, 0.29) is 5.56 Å². The summed E-state index contributed by atoms with van der Waals surface area (Å²) in [5, 5.41) is 1.17. The second-order valence-corrected chi connectivity index (χ2v) is 5.20. The van der Waals surface area contributed by atoms with Gasteiger partial charge in [0, 0.05) is 17.0 Å². The van der Waals surface area contributed by atoms with Crippen molar-refractivity contribution in [2.75, 3.05) is 0 Å². The maximum atomic E-state index is 12.2. The zero-order chi connectivity index (χ0) is 16.0. The van der Waals surface area contributed by atoms with E-state index in [2.05, 4.69) is 4.98 Å². The Morgan fingerprint density at radius 2 is 1.70 bits per heavy atom. The van der Waals surface area contributed by atoms with Crippen LogP contribution in [0.2, 0.25) is 0 Å². The molecule has 0 saturated carbocycles. The number of aromatic nitrogens is 1. The van der Waals surface area contributed by atoms with Crippen LogP contribution in [0.5, 0.6) is 0 Å². The average Bonchev–Trinajstić information content (AvgIpc) is 2.60. The van der Waals surface area contributed by atoms with Gasteiger partial charge in [0.05, 0.1) is 11.1 Å². The van der Waals surface area contributed by atoms with Gasteiger partial charge in [0.1, 0.15) is 11.3 Å². The number of para-hydroxylation sites is 2. The zero-order valence-electron chi connectivity index (χ0n) is 12.2. The van der Waals surface area contributed by atoms with E-state index in [1.54, 1.807) is 31.2 Å². The number of hydrogen-bond acceptors (Lipinski definition) is 5. The molecule has 0 fully saturated rings. The van der Waals surface area contributed by atoms with Crippen molar-refractivity contribution in [2.24, 2.45) is 0 Å². The molecular formula is C18H11NO4. The van der Waals surface area contributed by atoms with Crippen LogP contribution in [0.4, 0.5) is 0 Å². The van der Waals surface area contributed by atoms with Gasteiger partial charge in [-0.1, -0.05) is 24.3 Å². The summed E-state index contributed by atoms with van der Waals surface area (Å²) in [6.07, 6.45) is 1.43. The molecule has 23 heavy (non-hydrogen) atoms. The van der Waals surface area contributed by atoms with Gasteiger partial charge in [0.15, 0.2) is 5.58 Å². The third-order valence-electron chi connectivity index (χ3n) is 3.80. The molecule has 5 nitrogen and oxygen atoms in total. The maximum absolute atomic E-state index is 12.2. The van der Waals surface area contributed by atoms with Gasteiger partial charge in [-0.05, 0) is 25.1 Å². The third kappa shape index (κ3) is 2.05. The summed E-state index contributed by atoms with van der Waals surface area (Å²) in [7, 11) is 0. The molecule has 0 radical (unpaired) electrons. The van der Waals surface area contributed by atoms with Crippen LogP contribution in [-0.2, 0) is 4.74 Å². The number of fused-ring (bicyclic) bond motifs is 1. The first-order valence-electron chi connectivity index (χ1n) is 7.07. The van der Waals surface area contributed by atoms with E-state index >= 15 is 0 Å². The fourth-order valence-electron chi connectivity index (χ4n) is 2.72. The van der Waals surface area contributed by atoms with E-state index in [4.69, 9.17) is 9.15 Å². The number of esters is 2. The van der Waals surface area contributed by atoms with Gasteiger partial charge in [-0.15, -0.1) is 0 Å². The summed E-state index contributed by atoms with van der Waals surface area (Å²) in [6.45, 7) is 1.79. The van der Waals surface area contributed by atoms with Gasteiger partial charge < -0.3 is 9.15 Å². The molecule has 3 aromatic rings. The smallest absolute Gasteiger partial charge is 0.348 e. The van der Waals surface area contributed by atoms with E-state index in [1.165, 1.54) is 6.20 Å². The zero-order valence-corrected chi connectivity index (χ0v) is 12.2. The normalized spacial score (nSPS) is 13.1. The minimum Gasteiger partial charge on any atom is -0.459 e. The fraction of sp³-hybridized carbons (Fsp3) is 0.0556. The standard InChI is InChI=1S/C18H11NO4/c1-10-11-5-4-6-12-16(11)13(18(21)23-17(12)20)9-19-14-7-2-3-8-15(14)22-10/h2-9H,1H3. The molecule has 4 rings (SSSR count). The first kappa shape index (κ1) is 13.5. The monoisotopic (exact) mass is 305 g/mol. The van der Waals surface area contributed by atoms with Crippen LogP contribution < -0.4 is 0 Å². The number of aryl methyl sites for hydroxylation is 1. The molecule has 0 bridgehead atoms. The predicted molar refractivity (Wildman–Crippen MR) is 83.6 cm³/mol. The molecule has 0 unspecified atom stereocenters. The Kier molecular flexibility index (Phi) is 2.87. The lowest BCUT2D eigenvalue weighted by Gasteiger charge is -2.13. The topological polar surface area (TPSA) is 69.4 Å². The largest absolute Gasteiger partial charge is 0.459 e. The summed E-state index contributed by atoms with van der Waals surface area (Å²) in [5.41, 5.74) is 1.75. The van der Waals surface area contributed by atoms with E-state index in [0.717, 1.165) is 0 Å². The van der Waals surface area contributed by atoms with E-state index < -0.39 is 11.9 Å². The lowest BCUT2D eigenvalue weighted by atomic mass is 9.99. The first-order valence-corrected chi connectivity index (χ1v) is 7.07. The molecule has 0 saturated heterocycles. The van der Waals surface area contributed by atoms with Crippen molar-refractivity contribution in [3.63, 3.8) is 0 Å². The molecule has 112 valence electrons. The lowest BCUT2D eigenvalue weighted by Crippen LogP contribution is -2.19. The van der Waals surface area contributed by atoms with Crippen LogP contribution >= 0.6 is 0 Å². The Balaban J connectivity index is 2.32. The van der Waals surface area contributed by atoms with Gasteiger partial charge in [-0.25, -0.2) is 9.59 Å². The molecule has 0 aliphatic carbocycles. The second kappa shape index (κ2) is 4.91. The molecule has 2 aromatic carbocycles. The number of ether oxygens (including phenoxy) is 1. The number of carbonyl (C=O) groups is 2. The SMILES string of the molecule is Cc1oc2ccccc2ncc2c3c(cccc13)C(=O)OC2=O. The summed E-state index contributed by atoms with van der Waals surface area (Å²) >= 11 is 0. The van der Waals surface area contributed by atoms with Gasteiger partial charge in [-0.3, -0.25) is 4.98 Å². The molecule has 0 spiro atoms. The van der Waals surface area contributed by atoms with Crippen LogP contribution in [-0.4, -0.2) is 16.9 Å². The molecule has 1 aliphatic heterocycles. The highest BCUT2D eigenvalue weighted by Gasteiger charge is 2.27. The Labute approximate surface area is 130 Å². The van der Waals surface area contributed by atoms with E-state index in [1.807, 2.05) is 18.2 Å². The van der Waals surface area contributed by atoms with Crippen LogP contribution in [0.1, 0.15) is 26.5 Å².